The molecule has 3 heteroatoms. The van der Waals surface area contributed by atoms with Gasteiger partial charge in [-0.2, -0.15) is 0 Å². The van der Waals surface area contributed by atoms with Crippen LogP contribution in [0, 0.1) is 11.3 Å². The van der Waals surface area contributed by atoms with Crippen molar-refractivity contribution in [2.24, 2.45) is 11.3 Å². The van der Waals surface area contributed by atoms with Crippen molar-refractivity contribution in [1.82, 2.24) is 15.1 Å². The number of hydrogen-bond acceptors (Lipinski definition) is 3. The molecule has 1 fully saturated rings. The Bertz CT molecular complexity index is 255. The Morgan fingerprint density at radius 1 is 1.25 bits per heavy atom. The van der Waals surface area contributed by atoms with Crippen LogP contribution in [0.4, 0.5) is 0 Å². The molecule has 0 spiro atoms. The van der Waals surface area contributed by atoms with Gasteiger partial charge in [0.2, 0.25) is 0 Å². The van der Waals surface area contributed by atoms with E-state index in [4.69, 9.17) is 0 Å². The molecule has 0 aromatic heterocycles. The van der Waals surface area contributed by atoms with Crippen molar-refractivity contribution in [3.8, 4) is 0 Å². The molecule has 0 saturated carbocycles. The highest BCUT2D eigenvalue weighted by Gasteiger charge is 2.25. The molecule has 1 N–H and O–H groups in total. The monoisotopic (exact) mass is 283 g/mol. The molecule has 1 atom stereocenters. The molecule has 20 heavy (non-hydrogen) atoms. The minimum absolute atomic E-state index is 0.348. The van der Waals surface area contributed by atoms with Gasteiger partial charge in [0.15, 0.2) is 0 Å². The van der Waals surface area contributed by atoms with Gasteiger partial charge in [-0.25, -0.2) is 0 Å². The second-order valence-electron chi connectivity index (χ2n) is 7.75. The molecule has 0 aromatic rings. The standard InChI is InChI=1S/C17H37N3/c1-7-10-20-11-8-16(9-12-20)15(2)18-13-17(3,4)14-19(5)6/h15-16,18H,7-14H2,1-6H3. The first-order valence-corrected chi connectivity index (χ1v) is 8.44. The van der Waals surface area contributed by atoms with Gasteiger partial charge in [0.1, 0.15) is 0 Å². The summed E-state index contributed by atoms with van der Waals surface area (Å²) in [5.41, 5.74) is 0.348. The van der Waals surface area contributed by atoms with E-state index in [2.05, 4.69) is 56.9 Å². The fraction of sp³-hybridized carbons (Fsp3) is 1.00. The summed E-state index contributed by atoms with van der Waals surface area (Å²) >= 11 is 0. The van der Waals surface area contributed by atoms with Crippen LogP contribution >= 0.6 is 0 Å². The van der Waals surface area contributed by atoms with Gasteiger partial charge < -0.3 is 15.1 Å². The van der Waals surface area contributed by atoms with Crippen LogP contribution < -0.4 is 5.32 Å². The number of likely N-dealkylation sites (tertiary alicyclic amines) is 1. The summed E-state index contributed by atoms with van der Waals surface area (Å²) in [6.07, 6.45) is 4.02. The lowest BCUT2D eigenvalue weighted by molar-refractivity contribution is 0.152. The van der Waals surface area contributed by atoms with Gasteiger partial charge >= 0.3 is 0 Å². The third-order valence-electron chi connectivity index (χ3n) is 4.53. The maximum atomic E-state index is 3.80. The van der Waals surface area contributed by atoms with Crippen molar-refractivity contribution in [1.29, 1.82) is 0 Å². The van der Waals surface area contributed by atoms with E-state index in [0.717, 1.165) is 19.0 Å². The van der Waals surface area contributed by atoms with Gasteiger partial charge in [0.05, 0.1) is 0 Å². The van der Waals surface area contributed by atoms with Crippen molar-refractivity contribution in [3.05, 3.63) is 0 Å². The van der Waals surface area contributed by atoms with Crippen molar-refractivity contribution >= 4 is 0 Å². The fourth-order valence-electron chi connectivity index (χ4n) is 3.51. The molecular weight excluding hydrogens is 246 g/mol. The Balaban J connectivity index is 2.28. The van der Waals surface area contributed by atoms with Crippen LogP contribution in [0.15, 0.2) is 0 Å². The summed E-state index contributed by atoms with van der Waals surface area (Å²) < 4.78 is 0. The van der Waals surface area contributed by atoms with Gasteiger partial charge in [0.25, 0.3) is 0 Å². The highest BCUT2D eigenvalue weighted by Crippen LogP contribution is 2.22. The highest BCUT2D eigenvalue weighted by atomic mass is 15.1. The minimum atomic E-state index is 0.348. The number of hydrogen-bond donors (Lipinski definition) is 1. The number of nitrogens with zero attached hydrogens (tertiary/aromatic N) is 2. The molecule has 0 aliphatic carbocycles. The zero-order valence-electron chi connectivity index (χ0n) is 14.7. The van der Waals surface area contributed by atoms with E-state index in [1.807, 2.05) is 0 Å². The lowest BCUT2D eigenvalue weighted by atomic mass is 9.88. The van der Waals surface area contributed by atoms with Crippen LogP contribution in [0.2, 0.25) is 0 Å². The maximum absolute atomic E-state index is 3.80. The molecule has 1 unspecified atom stereocenters. The van der Waals surface area contributed by atoms with Crippen LogP contribution in [-0.4, -0.2) is 62.7 Å². The molecule has 3 nitrogen and oxygen atoms in total. The Morgan fingerprint density at radius 3 is 2.35 bits per heavy atom. The van der Waals surface area contributed by atoms with E-state index < -0.39 is 0 Å². The van der Waals surface area contributed by atoms with E-state index in [9.17, 15) is 0 Å². The van der Waals surface area contributed by atoms with Gasteiger partial charge in [0, 0.05) is 19.1 Å². The third kappa shape index (κ3) is 6.55. The Hall–Kier alpha value is -0.120. The van der Waals surface area contributed by atoms with Crippen molar-refractivity contribution < 1.29 is 0 Å². The third-order valence-corrected chi connectivity index (χ3v) is 4.53. The van der Waals surface area contributed by atoms with Crippen LogP contribution in [0.5, 0.6) is 0 Å². The van der Waals surface area contributed by atoms with Crippen LogP contribution in [0.3, 0.4) is 0 Å². The summed E-state index contributed by atoms with van der Waals surface area (Å²) in [5, 5.41) is 3.80. The molecule has 1 aliphatic heterocycles. The lowest BCUT2D eigenvalue weighted by Gasteiger charge is -2.37. The van der Waals surface area contributed by atoms with Gasteiger partial charge in [-0.05, 0) is 71.2 Å². The lowest BCUT2D eigenvalue weighted by Crippen LogP contribution is -2.46. The Morgan fingerprint density at radius 2 is 1.85 bits per heavy atom. The Labute approximate surface area is 127 Å². The summed E-state index contributed by atoms with van der Waals surface area (Å²) in [5.74, 6) is 0.860. The molecular formula is C17H37N3. The molecule has 0 bridgehead atoms. The van der Waals surface area contributed by atoms with E-state index in [1.54, 1.807) is 0 Å². The average Bonchev–Trinajstić information content (AvgIpc) is 2.36. The second kappa shape index (κ2) is 8.35. The van der Waals surface area contributed by atoms with Crippen molar-refractivity contribution in [2.45, 2.75) is 53.0 Å². The highest BCUT2D eigenvalue weighted by molar-refractivity contribution is 4.82. The first kappa shape index (κ1) is 17.9. The largest absolute Gasteiger partial charge is 0.313 e. The van der Waals surface area contributed by atoms with Crippen LogP contribution in [0.25, 0.3) is 0 Å². The van der Waals surface area contributed by atoms with Crippen molar-refractivity contribution in [2.75, 3.05) is 46.8 Å². The normalized spacial score (nSPS) is 20.6. The Kier molecular flexibility index (Phi) is 7.49. The van der Waals surface area contributed by atoms with Gasteiger partial charge in [-0.1, -0.05) is 20.8 Å². The minimum Gasteiger partial charge on any atom is -0.313 e. The topological polar surface area (TPSA) is 18.5 Å². The first-order chi connectivity index (χ1) is 9.34. The molecule has 1 aliphatic rings. The van der Waals surface area contributed by atoms with E-state index >= 15 is 0 Å². The number of piperidine rings is 1. The molecule has 0 amide bonds. The summed E-state index contributed by atoms with van der Waals surface area (Å²) in [6, 6.07) is 0.653. The predicted molar refractivity (Wildman–Crippen MR) is 89.3 cm³/mol. The predicted octanol–water partition coefficient (Wildman–Crippen LogP) is 2.67. The van der Waals surface area contributed by atoms with Crippen LogP contribution in [-0.2, 0) is 0 Å². The van der Waals surface area contributed by atoms with Crippen molar-refractivity contribution in [3.63, 3.8) is 0 Å². The molecule has 0 aromatic carbocycles. The maximum Gasteiger partial charge on any atom is 0.00681 e. The van der Waals surface area contributed by atoms with E-state index in [1.165, 1.54) is 38.9 Å². The first-order valence-electron chi connectivity index (χ1n) is 8.44. The zero-order chi connectivity index (χ0) is 15.2. The van der Waals surface area contributed by atoms with Gasteiger partial charge in [-0.3, -0.25) is 0 Å². The number of nitrogens with one attached hydrogen (secondary N) is 1. The summed E-state index contributed by atoms with van der Waals surface area (Å²) in [7, 11) is 4.32. The SMILES string of the molecule is CCCN1CCC(C(C)NCC(C)(C)CN(C)C)CC1. The molecule has 1 rings (SSSR count). The molecule has 1 heterocycles. The molecule has 0 radical (unpaired) electrons. The zero-order valence-corrected chi connectivity index (χ0v) is 14.7. The molecule has 1 saturated heterocycles. The van der Waals surface area contributed by atoms with Crippen LogP contribution in [0.1, 0.15) is 47.0 Å². The van der Waals surface area contributed by atoms with Gasteiger partial charge in [-0.15, -0.1) is 0 Å². The summed E-state index contributed by atoms with van der Waals surface area (Å²) in [4.78, 5) is 4.91. The van der Waals surface area contributed by atoms with E-state index in [-0.39, 0.29) is 0 Å². The average molecular weight is 284 g/mol. The molecule has 120 valence electrons. The summed E-state index contributed by atoms with van der Waals surface area (Å²) in [6.45, 7) is 15.5. The quantitative estimate of drug-likeness (QED) is 0.739. The fourth-order valence-corrected chi connectivity index (χ4v) is 3.51. The van der Waals surface area contributed by atoms with E-state index in [0.29, 0.717) is 11.5 Å². The smallest absolute Gasteiger partial charge is 0.00681 e. The second-order valence-corrected chi connectivity index (χ2v) is 7.75. The number of rotatable bonds is 8.